The highest BCUT2D eigenvalue weighted by Crippen LogP contribution is 1.95. The van der Waals surface area contributed by atoms with Gasteiger partial charge >= 0.3 is 0 Å². The van der Waals surface area contributed by atoms with Gasteiger partial charge in [-0.1, -0.05) is 51.5 Å². The van der Waals surface area contributed by atoms with E-state index in [2.05, 4.69) is 26.5 Å². The van der Waals surface area contributed by atoms with Gasteiger partial charge in [-0.3, -0.25) is 0 Å². The third kappa shape index (κ3) is 43.8. The zero-order chi connectivity index (χ0) is 9.86. The molecule has 0 fully saturated rings. The van der Waals surface area contributed by atoms with E-state index in [1.165, 1.54) is 5.57 Å². The van der Waals surface area contributed by atoms with Crippen molar-refractivity contribution in [1.29, 1.82) is 0 Å². The zero-order valence-electron chi connectivity index (χ0n) is 9.28. The van der Waals surface area contributed by atoms with Gasteiger partial charge in [0.2, 0.25) is 0 Å². The van der Waals surface area contributed by atoms with Gasteiger partial charge in [0, 0.05) is 0 Å². The minimum Gasteiger partial charge on any atom is -0.0961 e. The third-order valence-corrected chi connectivity index (χ3v) is 0.535. The highest BCUT2D eigenvalue weighted by Gasteiger charge is 1.73. The molecular weight excluding hydrogens is 132 g/mol. The van der Waals surface area contributed by atoms with Crippen LogP contribution in [-0.2, 0) is 0 Å². The van der Waals surface area contributed by atoms with Crippen molar-refractivity contribution in [3.8, 4) is 0 Å². The van der Waals surface area contributed by atoms with Crippen molar-refractivity contribution >= 4 is 0 Å². The number of hydrogen-bond donors (Lipinski definition) is 0. The molecule has 0 unspecified atom stereocenters. The minimum atomic E-state index is 1.12. The Kier molecular flexibility index (Phi) is 24.8. The molecule has 0 aromatic heterocycles. The maximum Gasteiger partial charge on any atom is -0.0404 e. The summed E-state index contributed by atoms with van der Waals surface area (Å²) < 4.78 is 0. The van der Waals surface area contributed by atoms with Crippen LogP contribution in [0, 0.1) is 0 Å². The molecule has 0 aliphatic rings. The molecule has 0 atom stereocenters. The normalized spacial score (nSPS) is 6.09. The van der Waals surface area contributed by atoms with Crippen molar-refractivity contribution in [2.24, 2.45) is 0 Å². The lowest BCUT2D eigenvalue weighted by atomic mass is 10.2. The Bertz CT molecular complexity index is 92.6. The lowest BCUT2D eigenvalue weighted by molar-refractivity contribution is 1.36. The number of allylic oxidation sites excluding steroid dienone is 3. The van der Waals surface area contributed by atoms with Crippen LogP contribution in [0.4, 0.5) is 0 Å². The average molecular weight is 156 g/mol. The van der Waals surface area contributed by atoms with E-state index in [1.807, 2.05) is 34.6 Å². The average Bonchev–Trinajstić information content (AvgIpc) is 1.93. The summed E-state index contributed by atoms with van der Waals surface area (Å²) in [4.78, 5) is 0. The molecule has 0 heteroatoms. The molecule has 0 saturated heterocycles. The molecule has 68 valence electrons. The van der Waals surface area contributed by atoms with E-state index in [0.717, 1.165) is 5.57 Å². The maximum atomic E-state index is 3.72. The molecule has 0 aliphatic heterocycles. The summed E-state index contributed by atoms with van der Waals surface area (Å²) in [5, 5.41) is 0. The van der Waals surface area contributed by atoms with Crippen LogP contribution in [0.5, 0.6) is 0 Å². The summed E-state index contributed by atoms with van der Waals surface area (Å²) in [6, 6.07) is 0. The van der Waals surface area contributed by atoms with E-state index in [1.54, 1.807) is 0 Å². The molecule has 0 radical (unpaired) electrons. The first kappa shape index (κ1) is 16.8. The first-order chi connectivity index (χ1) is 5.13. The zero-order valence-corrected chi connectivity index (χ0v) is 9.28. The first-order valence-corrected chi connectivity index (χ1v) is 4.43. The monoisotopic (exact) mass is 156 g/mol. The Morgan fingerprint density at radius 3 is 1.18 bits per heavy atom. The molecule has 0 saturated carbocycles. The smallest absolute Gasteiger partial charge is 0.0404 e. The standard InChI is InChI=1S/C7H12.2C2H6/c1-6(2)5-7(3)4;2*1-2/h5H,1H2,2-4H3;2*1-2H3. The predicted octanol–water partition coefficient (Wildman–Crippen LogP) is 4.58. The SMILES string of the molecule is C=C(C)C=C(C)C.CC.CC. The fourth-order valence-electron chi connectivity index (χ4n) is 0.493. The second-order valence-electron chi connectivity index (χ2n) is 2.07. The van der Waals surface area contributed by atoms with Gasteiger partial charge in [0.25, 0.3) is 0 Å². The second-order valence-corrected chi connectivity index (χ2v) is 2.07. The van der Waals surface area contributed by atoms with Crippen LogP contribution in [0.1, 0.15) is 48.5 Å². The summed E-state index contributed by atoms with van der Waals surface area (Å²) in [5.74, 6) is 0. The topological polar surface area (TPSA) is 0 Å². The molecule has 0 N–H and O–H groups in total. The number of hydrogen-bond acceptors (Lipinski definition) is 0. The first-order valence-electron chi connectivity index (χ1n) is 4.43. The van der Waals surface area contributed by atoms with Gasteiger partial charge in [0.05, 0.1) is 0 Å². The Labute approximate surface area is 73.0 Å². The maximum absolute atomic E-state index is 3.72. The van der Waals surface area contributed by atoms with Crippen molar-refractivity contribution in [2.45, 2.75) is 48.5 Å². The molecule has 0 heterocycles. The van der Waals surface area contributed by atoms with E-state index in [4.69, 9.17) is 0 Å². The van der Waals surface area contributed by atoms with E-state index >= 15 is 0 Å². The summed E-state index contributed by atoms with van der Waals surface area (Å²) in [5.41, 5.74) is 2.44. The van der Waals surface area contributed by atoms with Crippen LogP contribution in [0.3, 0.4) is 0 Å². The van der Waals surface area contributed by atoms with Crippen LogP contribution < -0.4 is 0 Å². The van der Waals surface area contributed by atoms with E-state index in [-0.39, 0.29) is 0 Å². The predicted molar refractivity (Wildman–Crippen MR) is 56.9 cm³/mol. The summed E-state index contributed by atoms with van der Waals surface area (Å²) >= 11 is 0. The van der Waals surface area contributed by atoms with Crippen molar-refractivity contribution < 1.29 is 0 Å². The van der Waals surface area contributed by atoms with Crippen LogP contribution in [0.15, 0.2) is 23.8 Å². The quantitative estimate of drug-likeness (QED) is 0.487. The lowest BCUT2D eigenvalue weighted by Crippen LogP contribution is -1.64. The minimum absolute atomic E-state index is 1.12. The van der Waals surface area contributed by atoms with Gasteiger partial charge in [0.1, 0.15) is 0 Å². The number of rotatable bonds is 1. The van der Waals surface area contributed by atoms with Gasteiger partial charge in [-0.05, 0) is 20.8 Å². The Morgan fingerprint density at radius 2 is 1.18 bits per heavy atom. The van der Waals surface area contributed by atoms with Gasteiger partial charge in [-0.25, -0.2) is 0 Å². The van der Waals surface area contributed by atoms with Crippen molar-refractivity contribution in [1.82, 2.24) is 0 Å². The molecule has 0 amide bonds. The van der Waals surface area contributed by atoms with Gasteiger partial charge in [-0.15, -0.1) is 0 Å². The van der Waals surface area contributed by atoms with E-state index in [9.17, 15) is 0 Å². The molecule has 0 aromatic rings. The lowest BCUT2D eigenvalue weighted by Gasteiger charge is -1.85. The Balaban J connectivity index is -0.000000138. The molecule has 0 aromatic carbocycles. The van der Waals surface area contributed by atoms with E-state index in [0.29, 0.717) is 0 Å². The Hall–Kier alpha value is -0.520. The van der Waals surface area contributed by atoms with Crippen molar-refractivity contribution in [3.05, 3.63) is 23.8 Å². The molecule has 0 nitrogen and oxygen atoms in total. The van der Waals surface area contributed by atoms with Crippen LogP contribution in [0.2, 0.25) is 0 Å². The van der Waals surface area contributed by atoms with Crippen molar-refractivity contribution in [2.75, 3.05) is 0 Å². The van der Waals surface area contributed by atoms with Crippen LogP contribution >= 0.6 is 0 Å². The summed E-state index contributed by atoms with van der Waals surface area (Å²) in [6.07, 6.45) is 2.06. The van der Waals surface area contributed by atoms with Gasteiger partial charge < -0.3 is 0 Å². The largest absolute Gasteiger partial charge is 0.0961 e. The molecule has 0 bridgehead atoms. The molecule has 0 aliphatic carbocycles. The molecule has 0 spiro atoms. The van der Waals surface area contributed by atoms with Gasteiger partial charge in [0.15, 0.2) is 0 Å². The molecule has 11 heavy (non-hydrogen) atoms. The van der Waals surface area contributed by atoms with Crippen LogP contribution in [0.25, 0.3) is 0 Å². The Morgan fingerprint density at radius 1 is 0.909 bits per heavy atom. The van der Waals surface area contributed by atoms with Gasteiger partial charge in [-0.2, -0.15) is 0 Å². The summed E-state index contributed by atoms with van der Waals surface area (Å²) in [7, 11) is 0. The highest BCUT2D eigenvalue weighted by atomic mass is 13.8. The fraction of sp³-hybridized carbons (Fsp3) is 0.636. The third-order valence-electron chi connectivity index (χ3n) is 0.535. The molecule has 0 rings (SSSR count). The second kappa shape index (κ2) is 16.2. The fourth-order valence-corrected chi connectivity index (χ4v) is 0.493. The van der Waals surface area contributed by atoms with Crippen molar-refractivity contribution in [3.63, 3.8) is 0 Å². The van der Waals surface area contributed by atoms with Crippen LogP contribution in [-0.4, -0.2) is 0 Å². The summed E-state index contributed by atoms with van der Waals surface area (Å²) in [6.45, 7) is 17.8. The molecular formula is C11H24. The van der Waals surface area contributed by atoms with E-state index < -0.39 is 0 Å². The highest BCUT2D eigenvalue weighted by molar-refractivity contribution is 5.15.